The van der Waals surface area contributed by atoms with Gasteiger partial charge in [-0.15, -0.1) is 11.8 Å². The van der Waals surface area contributed by atoms with E-state index < -0.39 is 0 Å². The fourth-order valence-corrected chi connectivity index (χ4v) is 2.61. The first-order valence-electron chi connectivity index (χ1n) is 6.91. The molecule has 1 aromatic carbocycles. The third-order valence-electron chi connectivity index (χ3n) is 3.42. The number of hydrogen-bond donors (Lipinski definition) is 1. The number of hydrogen-bond acceptors (Lipinski definition) is 4. The van der Waals surface area contributed by atoms with Gasteiger partial charge in [0.25, 0.3) is 0 Å². The monoisotopic (exact) mass is 289 g/mol. The first-order valence-corrected chi connectivity index (χ1v) is 8.13. The zero-order valence-electron chi connectivity index (χ0n) is 11.6. The van der Waals surface area contributed by atoms with Crippen molar-refractivity contribution in [2.45, 2.75) is 36.9 Å². The Morgan fingerprint density at radius 1 is 1.30 bits per heavy atom. The molecule has 3 rings (SSSR count). The third-order valence-corrected chi connectivity index (χ3v) is 4.20. The summed E-state index contributed by atoms with van der Waals surface area (Å²) in [5.74, 6) is 1.92. The van der Waals surface area contributed by atoms with Gasteiger partial charge in [0.05, 0.1) is 12.8 Å². The van der Waals surface area contributed by atoms with Gasteiger partial charge in [-0.1, -0.05) is 12.1 Å². The van der Waals surface area contributed by atoms with Crippen LogP contribution in [0.3, 0.4) is 0 Å². The van der Waals surface area contributed by atoms with Crippen molar-refractivity contribution in [2.24, 2.45) is 0 Å². The predicted molar refractivity (Wildman–Crippen MR) is 81.1 cm³/mol. The molecule has 1 heterocycles. The van der Waals surface area contributed by atoms with Crippen molar-refractivity contribution < 1.29 is 9.15 Å². The molecule has 20 heavy (non-hydrogen) atoms. The van der Waals surface area contributed by atoms with E-state index in [1.165, 1.54) is 12.8 Å². The number of benzene rings is 1. The summed E-state index contributed by atoms with van der Waals surface area (Å²) < 4.78 is 11.5. The largest absolute Gasteiger partial charge is 0.488 e. The molecule has 0 saturated heterocycles. The highest BCUT2D eigenvalue weighted by atomic mass is 32.2. The second-order valence-electron chi connectivity index (χ2n) is 4.96. The van der Waals surface area contributed by atoms with Crippen LogP contribution in [0.1, 0.15) is 24.2 Å². The minimum atomic E-state index is 0.551. The van der Waals surface area contributed by atoms with Crippen LogP contribution >= 0.6 is 11.8 Å². The standard InChI is InChI=1S/C16H19NO2S/c1-20-16-5-3-2-4-14(16)19-11-12-8-9-18-15(12)10-17-13-6-7-13/h2-5,8-9,13,17H,6-7,10-11H2,1H3. The third kappa shape index (κ3) is 3.38. The Labute approximate surface area is 123 Å². The molecule has 2 aromatic rings. The normalized spacial score (nSPS) is 14.4. The number of furan rings is 1. The Kier molecular flexibility index (Phi) is 4.33. The smallest absolute Gasteiger partial charge is 0.133 e. The van der Waals surface area contributed by atoms with Gasteiger partial charge in [0, 0.05) is 16.5 Å². The van der Waals surface area contributed by atoms with Crippen LogP contribution in [0.4, 0.5) is 0 Å². The molecule has 1 fully saturated rings. The number of para-hydroxylation sites is 1. The average molecular weight is 289 g/mol. The summed E-state index contributed by atoms with van der Waals surface area (Å²) >= 11 is 1.70. The van der Waals surface area contributed by atoms with Crippen molar-refractivity contribution in [3.05, 3.63) is 47.9 Å². The van der Waals surface area contributed by atoms with Crippen LogP contribution in [0.5, 0.6) is 5.75 Å². The molecule has 0 amide bonds. The number of rotatable bonds is 7. The Bertz CT molecular complexity index is 563. The Balaban J connectivity index is 1.61. The van der Waals surface area contributed by atoms with Crippen molar-refractivity contribution in [2.75, 3.05) is 6.26 Å². The molecule has 1 N–H and O–H groups in total. The lowest BCUT2D eigenvalue weighted by atomic mass is 10.2. The van der Waals surface area contributed by atoms with Gasteiger partial charge in [0.15, 0.2) is 0 Å². The maximum Gasteiger partial charge on any atom is 0.133 e. The van der Waals surface area contributed by atoms with E-state index >= 15 is 0 Å². The van der Waals surface area contributed by atoms with Gasteiger partial charge in [0.2, 0.25) is 0 Å². The van der Waals surface area contributed by atoms with E-state index in [0.717, 1.165) is 28.5 Å². The second-order valence-corrected chi connectivity index (χ2v) is 5.81. The van der Waals surface area contributed by atoms with Crippen molar-refractivity contribution in [1.29, 1.82) is 0 Å². The summed E-state index contributed by atoms with van der Waals surface area (Å²) in [5, 5.41) is 3.47. The Morgan fingerprint density at radius 3 is 2.95 bits per heavy atom. The highest BCUT2D eigenvalue weighted by Crippen LogP contribution is 2.28. The summed E-state index contributed by atoms with van der Waals surface area (Å²) in [6, 6.07) is 10.8. The van der Waals surface area contributed by atoms with Crippen molar-refractivity contribution in [1.82, 2.24) is 5.32 Å². The SMILES string of the molecule is CSc1ccccc1OCc1ccoc1CNC1CC1. The number of ether oxygens (including phenoxy) is 1. The number of nitrogens with one attached hydrogen (secondary N) is 1. The van der Waals surface area contributed by atoms with E-state index in [-0.39, 0.29) is 0 Å². The fourth-order valence-electron chi connectivity index (χ4n) is 2.07. The number of thioether (sulfide) groups is 1. The highest BCUT2D eigenvalue weighted by Gasteiger charge is 2.21. The molecular formula is C16H19NO2S. The van der Waals surface area contributed by atoms with Crippen LogP contribution < -0.4 is 10.1 Å². The van der Waals surface area contributed by atoms with E-state index in [1.807, 2.05) is 24.3 Å². The maximum atomic E-state index is 5.93. The second kappa shape index (κ2) is 6.37. The van der Waals surface area contributed by atoms with Crippen molar-refractivity contribution >= 4 is 11.8 Å². The Morgan fingerprint density at radius 2 is 2.15 bits per heavy atom. The van der Waals surface area contributed by atoms with Crippen LogP contribution in [0.25, 0.3) is 0 Å². The molecule has 0 bridgehead atoms. The van der Waals surface area contributed by atoms with Gasteiger partial charge < -0.3 is 14.5 Å². The van der Waals surface area contributed by atoms with Crippen molar-refractivity contribution in [3.63, 3.8) is 0 Å². The first-order chi connectivity index (χ1) is 9.86. The molecule has 0 spiro atoms. The summed E-state index contributed by atoms with van der Waals surface area (Å²) in [6.07, 6.45) is 6.37. The molecule has 106 valence electrons. The molecule has 3 nitrogen and oxygen atoms in total. The van der Waals surface area contributed by atoms with Crippen LogP contribution in [0.2, 0.25) is 0 Å². The highest BCUT2D eigenvalue weighted by molar-refractivity contribution is 7.98. The fraction of sp³-hybridized carbons (Fsp3) is 0.375. The van der Waals surface area contributed by atoms with Gasteiger partial charge in [0.1, 0.15) is 18.1 Å². The van der Waals surface area contributed by atoms with Gasteiger partial charge in [-0.3, -0.25) is 0 Å². The molecule has 1 saturated carbocycles. The molecule has 4 heteroatoms. The van der Waals surface area contributed by atoms with Gasteiger partial charge in [-0.05, 0) is 37.3 Å². The van der Waals surface area contributed by atoms with E-state index in [9.17, 15) is 0 Å². The summed E-state index contributed by atoms with van der Waals surface area (Å²) in [4.78, 5) is 1.16. The molecule has 0 atom stereocenters. The Hall–Kier alpha value is -1.39. The van der Waals surface area contributed by atoms with Crippen LogP contribution in [-0.4, -0.2) is 12.3 Å². The van der Waals surface area contributed by atoms with Gasteiger partial charge in [-0.2, -0.15) is 0 Å². The minimum absolute atomic E-state index is 0.551. The molecule has 1 aliphatic rings. The van der Waals surface area contributed by atoms with E-state index in [0.29, 0.717) is 12.6 Å². The summed E-state index contributed by atoms with van der Waals surface area (Å²) in [5.41, 5.74) is 1.12. The molecule has 0 aliphatic heterocycles. The predicted octanol–water partition coefficient (Wildman–Crippen LogP) is 3.83. The van der Waals surface area contributed by atoms with E-state index in [2.05, 4.69) is 17.6 Å². The summed E-state index contributed by atoms with van der Waals surface area (Å²) in [6.45, 7) is 1.34. The van der Waals surface area contributed by atoms with Crippen molar-refractivity contribution in [3.8, 4) is 5.75 Å². The minimum Gasteiger partial charge on any atom is -0.488 e. The van der Waals surface area contributed by atoms with Crippen LogP contribution in [0.15, 0.2) is 45.9 Å². The van der Waals surface area contributed by atoms with Crippen LogP contribution in [-0.2, 0) is 13.2 Å². The van der Waals surface area contributed by atoms with E-state index in [4.69, 9.17) is 9.15 Å². The lowest BCUT2D eigenvalue weighted by molar-refractivity contribution is 0.294. The van der Waals surface area contributed by atoms with Crippen LogP contribution in [0, 0.1) is 0 Å². The first kappa shape index (κ1) is 13.6. The molecule has 0 unspecified atom stereocenters. The summed E-state index contributed by atoms with van der Waals surface area (Å²) in [7, 11) is 0. The molecule has 1 aromatic heterocycles. The molecular weight excluding hydrogens is 270 g/mol. The zero-order chi connectivity index (χ0) is 13.8. The molecule has 0 radical (unpaired) electrons. The van der Waals surface area contributed by atoms with E-state index in [1.54, 1.807) is 18.0 Å². The van der Waals surface area contributed by atoms with Gasteiger partial charge in [-0.25, -0.2) is 0 Å². The zero-order valence-corrected chi connectivity index (χ0v) is 12.4. The average Bonchev–Trinajstić information content (AvgIpc) is 3.21. The lowest BCUT2D eigenvalue weighted by Gasteiger charge is -2.10. The topological polar surface area (TPSA) is 34.4 Å². The molecule has 1 aliphatic carbocycles. The quantitative estimate of drug-likeness (QED) is 0.786. The lowest BCUT2D eigenvalue weighted by Crippen LogP contribution is -2.16. The van der Waals surface area contributed by atoms with Gasteiger partial charge >= 0.3 is 0 Å². The maximum absolute atomic E-state index is 5.93.